The summed E-state index contributed by atoms with van der Waals surface area (Å²) < 4.78 is 29.4. The normalized spacial score (nSPS) is 15.1. The number of hydrogen-bond acceptors (Lipinski definition) is 4. The van der Waals surface area contributed by atoms with Gasteiger partial charge in [0, 0.05) is 12.2 Å². The molecule has 0 aliphatic heterocycles. The van der Waals surface area contributed by atoms with Gasteiger partial charge in [0.05, 0.1) is 11.4 Å². The predicted molar refractivity (Wildman–Crippen MR) is 86.3 cm³/mol. The van der Waals surface area contributed by atoms with E-state index in [2.05, 4.69) is 19.3 Å². The van der Waals surface area contributed by atoms with E-state index in [1.54, 1.807) is 36.5 Å². The zero-order valence-corrected chi connectivity index (χ0v) is 13.2. The van der Waals surface area contributed by atoms with E-state index in [9.17, 15) is 8.42 Å². The van der Waals surface area contributed by atoms with Crippen LogP contribution in [0.3, 0.4) is 0 Å². The van der Waals surface area contributed by atoms with Crippen LogP contribution in [0.25, 0.3) is 11.2 Å². The van der Waals surface area contributed by atoms with Gasteiger partial charge in [-0.3, -0.25) is 0 Å². The number of nitrogens with zero attached hydrogens (tertiary/aromatic N) is 3. The highest BCUT2D eigenvalue weighted by Crippen LogP contribution is 2.38. The predicted octanol–water partition coefficient (Wildman–Crippen LogP) is 2.24. The summed E-state index contributed by atoms with van der Waals surface area (Å²) in [6.07, 6.45) is 3.90. The molecule has 3 aromatic rings. The van der Waals surface area contributed by atoms with Crippen LogP contribution in [0.5, 0.6) is 0 Å². The zero-order chi connectivity index (χ0) is 15.9. The Kier molecular flexibility index (Phi) is 3.39. The molecule has 0 radical (unpaired) electrons. The van der Waals surface area contributed by atoms with Crippen molar-refractivity contribution >= 4 is 21.2 Å². The van der Waals surface area contributed by atoms with Gasteiger partial charge >= 0.3 is 0 Å². The summed E-state index contributed by atoms with van der Waals surface area (Å²) in [5.74, 6) is 0.709. The first-order chi connectivity index (χ1) is 11.1. The van der Waals surface area contributed by atoms with Crippen molar-refractivity contribution in [2.75, 3.05) is 0 Å². The van der Waals surface area contributed by atoms with E-state index >= 15 is 0 Å². The molecule has 118 valence electrons. The fourth-order valence-corrected chi connectivity index (χ4v) is 3.66. The maximum absolute atomic E-state index is 12.4. The number of benzene rings is 1. The third-order valence-corrected chi connectivity index (χ3v) is 5.32. The number of aromatic nitrogens is 3. The Morgan fingerprint density at radius 2 is 1.91 bits per heavy atom. The summed E-state index contributed by atoms with van der Waals surface area (Å²) in [6, 6.07) is 12.5. The standard InChI is InChI=1S/C16H16N4O2S/c21-23(22,13-5-2-1-3-6-13)18-11-15-19-14-7-4-10-17-16(14)20(15)12-8-9-12/h1-7,10,12,18H,8-9,11H2. The molecular weight excluding hydrogens is 312 g/mol. The van der Waals surface area contributed by atoms with Gasteiger partial charge in [-0.25, -0.2) is 23.1 Å². The van der Waals surface area contributed by atoms with Crippen molar-refractivity contribution in [3.63, 3.8) is 0 Å². The van der Waals surface area contributed by atoms with E-state index in [1.807, 2.05) is 12.1 Å². The van der Waals surface area contributed by atoms with Crippen molar-refractivity contribution in [1.82, 2.24) is 19.3 Å². The topological polar surface area (TPSA) is 76.9 Å². The van der Waals surface area contributed by atoms with Gasteiger partial charge in [-0.2, -0.15) is 0 Å². The second-order valence-electron chi connectivity index (χ2n) is 5.61. The Hall–Kier alpha value is -2.25. The molecule has 0 saturated heterocycles. The molecule has 6 nitrogen and oxygen atoms in total. The molecular formula is C16H16N4O2S. The van der Waals surface area contributed by atoms with Crippen LogP contribution < -0.4 is 4.72 Å². The summed E-state index contributed by atoms with van der Waals surface area (Å²) in [6.45, 7) is 0.157. The molecule has 1 aliphatic carbocycles. The van der Waals surface area contributed by atoms with Crippen LogP contribution >= 0.6 is 0 Å². The minimum absolute atomic E-state index is 0.157. The summed E-state index contributed by atoms with van der Waals surface area (Å²) in [4.78, 5) is 9.19. The van der Waals surface area contributed by atoms with Crippen LogP contribution in [0, 0.1) is 0 Å². The number of fused-ring (bicyclic) bond motifs is 1. The third kappa shape index (κ3) is 2.73. The van der Waals surface area contributed by atoms with Gasteiger partial charge in [0.25, 0.3) is 0 Å². The summed E-state index contributed by atoms with van der Waals surface area (Å²) in [5.41, 5.74) is 1.62. The molecule has 0 unspecified atom stereocenters. The average Bonchev–Trinajstić information content (AvgIpc) is 3.34. The number of sulfonamides is 1. The number of rotatable bonds is 5. The smallest absolute Gasteiger partial charge is 0.240 e. The van der Waals surface area contributed by atoms with Gasteiger partial charge in [0.2, 0.25) is 10.0 Å². The van der Waals surface area contributed by atoms with Gasteiger partial charge in [-0.1, -0.05) is 18.2 Å². The minimum Gasteiger partial charge on any atom is -0.308 e. The molecule has 1 saturated carbocycles. The number of hydrogen-bond donors (Lipinski definition) is 1. The van der Waals surface area contributed by atoms with Crippen LogP contribution in [0.4, 0.5) is 0 Å². The maximum Gasteiger partial charge on any atom is 0.240 e. The van der Waals surface area contributed by atoms with Crippen LogP contribution in [0.15, 0.2) is 53.6 Å². The van der Waals surface area contributed by atoms with Crippen LogP contribution in [-0.4, -0.2) is 23.0 Å². The Bertz CT molecular complexity index is 947. The number of imidazole rings is 1. The lowest BCUT2D eigenvalue weighted by atomic mass is 10.4. The molecule has 7 heteroatoms. The number of pyridine rings is 1. The second-order valence-corrected chi connectivity index (χ2v) is 7.38. The molecule has 1 fully saturated rings. The van der Waals surface area contributed by atoms with E-state index in [0.717, 1.165) is 24.0 Å². The fraction of sp³-hybridized carbons (Fsp3) is 0.250. The Labute approximate surface area is 134 Å². The highest BCUT2D eigenvalue weighted by molar-refractivity contribution is 7.89. The summed E-state index contributed by atoms with van der Waals surface area (Å²) >= 11 is 0. The van der Waals surface area contributed by atoms with E-state index in [0.29, 0.717) is 11.9 Å². The van der Waals surface area contributed by atoms with Crippen molar-refractivity contribution in [2.24, 2.45) is 0 Å². The first-order valence-electron chi connectivity index (χ1n) is 7.52. The SMILES string of the molecule is O=S(=O)(NCc1nc2cccnc2n1C1CC1)c1ccccc1. The lowest BCUT2D eigenvalue weighted by Gasteiger charge is -2.09. The van der Waals surface area contributed by atoms with Crippen molar-refractivity contribution in [3.05, 3.63) is 54.5 Å². The molecule has 1 N–H and O–H groups in total. The second kappa shape index (κ2) is 5.43. The first-order valence-corrected chi connectivity index (χ1v) is 9.00. The van der Waals surface area contributed by atoms with Crippen LogP contribution in [0.1, 0.15) is 24.7 Å². The molecule has 0 atom stereocenters. The monoisotopic (exact) mass is 328 g/mol. The molecule has 0 amide bonds. The third-order valence-electron chi connectivity index (χ3n) is 3.91. The van der Waals surface area contributed by atoms with Gasteiger partial charge in [-0.15, -0.1) is 0 Å². The highest BCUT2D eigenvalue weighted by Gasteiger charge is 2.29. The fourth-order valence-electron chi connectivity index (χ4n) is 2.66. The quantitative estimate of drug-likeness (QED) is 0.779. The van der Waals surface area contributed by atoms with Crippen LogP contribution in [0.2, 0.25) is 0 Å². The van der Waals surface area contributed by atoms with Gasteiger partial charge < -0.3 is 4.57 Å². The Morgan fingerprint density at radius 3 is 2.65 bits per heavy atom. The largest absolute Gasteiger partial charge is 0.308 e. The lowest BCUT2D eigenvalue weighted by Crippen LogP contribution is -2.25. The molecule has 1 aliphatic rings. The Morgan fingerprint density at radius 1 is 1.13 bits per heavy atom. The van der Waals surface area contributed by atoms with Gasteiger partial charge in [0.15, 0.2) is 5.65 Å². The van der Waals surface area contributed by atoms with Gasteiger partial charge in [-0.05, 0) is 37.1 Å². The van der Waals surface area contributed by atoms with E-state index in [1.165, 1.54) is 0 Å². The van der Waals surface area contributed by atoms with Crippen molar-refractivity contribution in [1.29, 1.82) is 0 Å². The highest BCUT2D eigenvalue weighted by atomic mass is 32.2. The maximum atomic E-state index is 12.4. The minimum atomic E-state index is -3.54. The van der Waals surface area contributed by atoms with E-state index < -0.39 is 10.0 Å². The first kappa shape index (κ1) is 14.3. The summed E-state index contributed by atoms with van der Waals surface area (Å²) in [7, 11) is -3.54. The molecule has 1 aromatic carbocycles. The van der Waals surface area contributed by atoms with Crippen molar-refractivity contribution in [3.8, 4) is 0 Å². The van der Waals surface area contributed by atoms with Crippen molar-refractivity contribution in [2.45, 2.75) is 30.3 Å². The molecule has 0 spiro atoms. The van der Waals surface area contributed by atoms with E-state index in [4.69, 9.17) is 0 Å². The number of nitrogens with one attached hydrogen (secondary N) is 1. The van der Waals surface area contributed by atoms with Gasteiger partial charge in [0.1, 0.15) is 11.3 Å². The lowest BCUT2D eigenvalue weighted by molar-refractivity contribution is 0.575. The molecule has 2 aromatic heterocycles. The zero-order valence-electron chi connectivity index (χ0n) is 12.4. The molecule has 4 rings (SSSR count). The van der Waals surface area contributed by atoms with Crippen molar-refractivity contribution < 1.29 is 8.42 Å². The van der Waals surface area contributed by atoms with E-state index in [-0.39, 0.29) is 11.4 Å². The molecule has 0 bridgehead atoms. The molecule has 2 heterocycles. The summed E-state index contributed by atoms with van der Waals surface area (Å²) in [5, 5.41) is 0. The Balaban J connectivity index is 1.65. The average molecular weight is 328 g/mol. The van der Waals surface area contributed by atoms with Crippen LogP contribution in [-0.2, 0) is 16.6 Å². The molecule has 23 heavy (non-hydrogen) atoms.